The van der Waals surface area contributed by atoms with Crippen LogP contribution in [0.2, 0.25) is 0 Å². The molecule has 1 aromatic rings. The molecule has 0 saturated heterocycles. The van der Waals surface area contributed by atoms with Crippen LogP contribution in [0.15, 0.2) is 30.4 Å². The average molecular weight is 342 g/mol. The summed E-state index contributed by atoms with van der Waals surface area (Å²) in [7, 11) is 2.19. The lowest BCUT2D eigenvalue weighted by molar-refractivity contribution is 0.314. The lowest BCUT2D eigenvalue weighted by Crippen LogP contribution is -2.29. The van der Waals surface area contributed by atoms with Gasteiger partial charge in [0.2, 0.25) is 0 Å². The first-order valence-corrected chi connectivity index (χ1v) is 10.3. The molecule has 1 heteroatoms. The summed E-state index contributed by atoms with van der Waals surface area (Å²) in [5, 5.41) is 0. The van der Waals surface area contributed by atoms with Gasteiger partial charge in [-0.3, -0.25) is 0 Å². The monoisotopic (exact) mass is 341 g/mol. The third kappa shape index (κ3) is 5.36. The van der Waals surface area contributed by atoms with Gasteiger partial charge in [-0.05, 0) is 60.6 Å². The Morgan fingerprint density at radius 2 is 1.80 bits per heavy atom. The van der Waals surface area contributed by atoms with Crippen molar-refractivity contribution >= 4 is 5.69 Å². The lowest BCUT2D eigenvalue weighted by atomic mass is 9.77. The molecule has 0 fully saturated rings. The van der Waals surface area contributed by atoms with Crippen LogP contribution in [0.25, 0.3) is 0 Å². The van der Waals surface area contributed by atoms with Crippen LogP contribution in [0.1, 0.15) is 84.3 Å². The molecule has 0 saturated carbocycles. The van der Waals surface area contributed by atoms with Gasteiger partial charge in [0, 0.05) is 19.3 Å². The van der Waals surface area contributed by atoms with Gasteiger partial charge >= 0.3 is 0 Å². The Labute approximate surface area is 156 Å². The Morgan fingerprint density at radius 1 is 1.12 bits per heavy atom. The van der Waals surface area contributed by atoms with Gasteiger partial charge < -0.3 is 4.90 Å². The first-order valence-electron chi connectivity index (χ1n) is 10.3. The van der Waals surface area contributed by atoms with Crippen molar-refractivity contribution in [2.24, 2.45) is 11.8 Å². The van der Waals surface area contributed by atoms with E-state index in [1.807, 2.05) is 0 Å². The van der Waals surface area contributed by atoms with Gasteiger partial charge in [-0.25, -0.2) is 0 Å². The van der Waals surface area contributed by atoms with Gasteiger partial charge in [-0.15, -0.1) is 0 Å². The highest BCUT2D eigenvalue weighted by molar-refractivity contribution is 5.63. The summed E-state index contributed by atoms with van der Waals surface area (Å²) in [5.41, 5.74) is 4.72. The predicted molar refractivity (Wildman–Crippen MR) is 112 cm³/mol. The van der Waals surface area contributed by atoms with Crippen molar-refractivity contribution < 1.29 is 0 Å². The Bertz CT molecular complexity index is 569. The van der Waals surface area contributed by atoms with E-state index < -0.39 is 0 Å². The van der Waals surface area contributed by atoms with Crippen LogP contribution >= 0.6 is 0 Å². The maximum absolute atomic E-state index is 2.45. The minimum atomic E-state index is 0.278. The molecule has 1 heterocycles. The van der Waals surface area contributed by atoms with Crippen LogP contribution in [0.5, 0.6) is 0 Å². The van der Waals surface area contributed by atoms with Crippen molar-refractivity contribution in [1.82, 2.24) is 0 Å². The molecule has 2 unspecified atom stereocenters. The summed E-state index contributed by atoms with van der Waals surface area (Å²) in [4.78, 5) is 2.35. The Balaban J connectivity index is 1.77. The van der Waals surface area contributed by atoms with E-state index in [0.29, 0.717) is 0 Å². The smallest absolute Gasteiger partial charge is 0.0446 e. The van der Waals surface area contributed by atoms with E-state index in [-0.39, 0.29) is 5.41 Å². The van der Waals surface area contributed by atoms with E-state index in [0.717, 1.165) is 18.4 Å². The van der Waals surface area contributed by atoms with Gasteiger partial charge in [-0.2, -0.15) is 0 Å². The predicted octanol–water partition coefficient (Wildman–Crippen LogP) is 7.10. The standard InChI is InChI=1S/C24H39N/c1-7-8-9-10-12-19(2)20(3)13-11-16-24(4,5)22-15-14-21-18-25(6)23(21)17-22/h7-8,14-15,17,19-20H,9-13,16,18H2,1-6H3/b8-7-. The van der Waals surface area contributed by atoms with Gasteiger partial charge in [0.15, 0.2) is 0 Å². The molecule has 25 heavy (non-hydrogen) atoms. The van der Waals surface area contributed by atoms with Crippen LogP contribution in [-0.2, 0) is 12.0 Å². The van der Waals surface area contributed by atoms with Crippen molar-refractivity contribution in [1.29, 1.82) is 0 Å². The van der Waals surface area contributed by atoms with Crippen LogP contribution in [0, 0.1) is 11.8 Å². The molecule has 0 spiro atoms. The highest BCUT2D eigenvalue weighted by Crippen LogP contribution is 2.38. The number of fused-ring (bicyclic) bond motifs is 1. The van der Waals surface area contributed by atoms with Crippen LogP contribution in [0.3, 0.4) is 0 Å². The summed E-state index contributed by atoms with van der Waals surface area (Å²) in [6.07, 6.45) is 12.4. The Morgan fingerprint density at radius 3 is 2.44 bits per heavy atom. The maximum atomic E-state index is 2.45. The van der Waals surface area contributed by atoms with Gasteiger partial charge in [0.1, 0.15) is 0 Å². The third-order valence-corrected chi connectivity index (χ3v) is 6.38. The number of hydrogen-bond acceptors (Lipinski definition) is 1. The van der Waals surface area contributed by atoms with Crippen molar-refractivity contribution in [3.8, 4) is 0 Å². The fraction of sp³-hybridized carbons (Fsp3) is 0.667. The second kappa shape index (κ2) is 8.92. The lowest BCUT2D eigenvalue weighted by Gasteiger charge is -2.35. The zero-order valence-electron chi connectivity index (χ0n) is 17.4. The molecule has 2 rings (SSSR count). The van der Waals surface area contributed by atoms with Crippen LogP contribution in [-0.4, -0.2) is 7.05 Å². The molecule has 1 aliphatic rings. The maximum Gasteiger partial charge on any atom is 0.0446 e. The third-order valence-electron chi connectivity index (χ3n) is 6.38. The molecule has 0 radical (unpaired) electrons. The van der Waals surface area contributed by atoms with Gasteiger partial charge in [0.05, 0.1) is 0 Å². The van der Waals surface area contributed by atoms with E-state index in [1.54, 1.807) is 0 Å². The van der Waals surface area contributed by atoms with Crippen molar-refractivity contribution in [2.45, 2.75) is 85.1 Å². The summed E-state index contributed by atoms with van der Waals surface area (Å²) in [6, 6.07) is 7.12. The highest BCUT2D eigenvalue weighted by Gasteiger charge is 2.25. The van der Waals surface area contributed by atoms with E-state index >= 15 is 0 Å². The first kappa shape index (κ1) is 20.1. The number of hydrogen-bond donors (Lipinski definition) is 0. The molecule has 1 nitrogen and oxygen atoms in total. The highest BCUT2D eigenvalue weighted by atomic mass is 15.1. The number of nitrogens with zero attached hydrogens (tertiary/aromatic N) is 1. The number of anilines is 1. The van der Waals surface area contributed by atoms with E-state index in [1.165, 1.54) is 55.3 Å². The largest absolute Gasteiger partial charge is 0.370 e. The molecule has 2 atom stereocenters. The molecule has 1 aliphatic heterocycles. The minimum absolute atomic E-state index is 0.278. The van der Waals surface area contributed by atoms with E-state index in [4.69, 9.17) is 0 Å². The molecule has 0 amide bonds. The Hall–Kier alpha value is -1.24. The first-order chi connectivity index (χ1) is 11.8. The Kier molecular flexibility index (Phi) is 7.16. The molecule has 0 aromatic heterocycles. The summed E-state index contributed by atoms with van der Waals surface area (Å²) in [6.45, 7) is 13.0. The molecule has 0 aliphatic carbocycles. The molecular formula is C24H39N. The van der Waals surface area contributed by atoms with E-state index in [2.05, 4.69) is 76.9 Å². The normalized spacial score (nSPS) is 16.6. The van der Waals surface area contributed by atoms with Crippen LogP contribution < -0.4 is 4.90 Å². The zero-order chi connectivity index (χ0) is 18.4. The topological polar surface area (TPSA) is 3.24 Å². The van der Waals surface area contributed by atoms with Crippen molar-refractivity contribution in [2.75, 3.05) is 11.9 Å². The van der Waals surface area contributed by atoms with Crippen molar-refractivity contribution in [3.63, 3.8) is 0 Å². The summed E-state index contributed by atoms with van der Waals surface area (Å²) < 4.78 is 0. The second-order valence-corrected chi connectivity index (χ2v) is 8.93. The molecule has 1 aromatic carbocycles. The quantitative estimate of drug-likeness (QED) is 0.324. The molecular weight excluding hydrogens is 302 g/mol. The second-order valence-electron chi connectivity index (χ2n) is 8.93. The summed E-state index contributed by atoms with van der Waals surface area (Å²) in [5.74, 6) is 1.68. The van der Waals surface area contributed by atoms with Gasteiger partial charge in [0.25, 0.3) is 0 Å². The van der Waals surface area contributed by atoms with Crippen LogP contribution in [0.4, 0.5) is 5.69 Å². The fourth-order valence-corrected chi connectivity index (χ4v) is 4.03. The summed E-state index contributed by atoms with van der Waals surface area (Å²) >= 11 is 0. The minimum Gasteiger partial charge on any atom is -0.370 e. The number of rotatable bonds is 10. The zero-order valence-corrected chi connectivity index (χ0v) is 17.4. The van der Waals surface area contributed by atoms with Gasteiger partial charge in [-0.1, -0.05) is 71.2 Å². The van der Waals surface area contributed by atoms with Crippen molar-refractivity contribution in [3.05, 3.63) is 41.5 Å². The molecule has 140 valence electrons. The number of allylic oxidation sites excluding steroid dienone is 2. The average Bonchev–Trinajstić information content (AvgIpc) is 2.57. The van der Waals surface area contributed by atoms with E-state index in [9.17, 15) is 0 Å². The SMILES string of the molecule is C/C=C\CCCC(C)C(C)CCCC(C)(C)c1ccc2c(c1)N(C)C2. The number of unbranched alkanes of at least 4 members (excludes halogenated alkanes) is 1. The fourth-order valence-electron chi connectivity index (χ4n) is 4.03. The number of benzene rings is 1. The molecule has 0 N–H and O–H groups in total. The molecule has 0 bridgehead atoms.